The van der Waals surface area contributed by atoms with Gasteiger partial charge in [-0.15, -0.1) is 0 Å². The van der Waals surface area contributed by atoms with E-state index in [0.717, 1.165) is 19.3 Å². The third-order valence-corrected chi connectivity index (χ3v) is 3.95. The normalized spacial score (nSPS) is 19.3. The molecule has 0 aliphatic carbocycles. The van der Waals surface area contributed by atoms with E-state index in [-0.39, 0.29) is 11.9 Å². The summed E-state index contributed by atoms with van der Waals surface area (Å²) in [7, 11) is 0. The van der Waals surface area contributed by atoms with Crippen LogP contribution in [0.15, 0.2) is 26.1 Å². The topological polar surface area (TPSA) is 72.4 Å². The smallest absolute Gasteiger partial charge is 0.258 e. The van der Waals surface area contributed by atoms with Crippen molar-refractivity contribution in [1.82, 2.24) is 15.0 Å². The number of likely N-dealkylation sites (tertiary alicyclic amines) is 1. The molecule has 0 bridgehead atoms. The summed E-state index contributed by atoms with van der Waals surface area (Å²) >= 11 is 3.25. The van der Waals surface area contributed by atoms with Gasteiger partial charge in [-0.1, -0.05) is 5.16 Å². The number of carbonyl (C=O) groups is 1. The molecule has 3 rings (SSSR count). The van der Waals surface area contributed by atoms with E-state index in [9.17, 15) is 4.79 Å². The van der Waals surface area contributed by atoms with Gasteiger partial charge >= 0.3 is 0 Å². The molecule has 106 valence electrons. The van der Waals surface area contributed by atoms with Crippen LogP contribution in [0.5, 0.6) is 0 Å². The van der Waals surface area contributed by atoms with Crippen LogP contribution in [0.4, 0.5) is 0 Å². The molecule has 0 N–H and O–H groups in total. The standard InChI is InChI=1S/C13H14BrN3O3/c1-8-9(6-11(14)20-8)13(18)17-5-3-2-4-10(17)12-15-7-19-16-12/h6-7,10H,2-5H2,1H3. The number of hydrogen-bond acceptors (Lipinski definition) is 5. The molecule has 6 nitrogen and oxygen atoms in total. The Morgan fingerprint density at radius 1 is 1.50 bits per heavy atom. The summed E-state index contributed by atoms with van der Waals surface area (Å²) in [4.78, 5) is 18.6. The van der Waals surface area contributed by atoms with E-state index in [1.165, 1.54) is 6.39 Å². The predicted octanol–water partition coefficient (Wildman–Crippen LogP) is 3.10. The van der Waals surface area contributed by atoms with E-state index >= 15 is 0 Å². The number of piperidine rings is 1. The van der Waals surface area contributed by atoms with Crippen LogP contribution in [0.25, 0.3) is 0 Å². The van der Waals surface area contributed by atoms with Crippen molar-refractivity contribution in [2.45, 2.75) is 32.2 Å². The first-order valence-electron chi connectivity index (χ1n) is 6.50. The van der Waals surface area contributed by atoms with Crippen LogP contribution in [-0.4, -0.2) is 27.5 Å². The molecule has 0 saturated carbocycles. The summed E-state index contributed by atoms with van der Waals surface area (Å²) in [6.45, 7) is 2.48. The number of rotatable bonds is 2. The Hall–Kier alpha value is -1.63. The molecule has 7 heteroatoms. The van der Waals surface area contributed by atoms with Gasteiger partial charge in [0.05, 0.1) is 11.6 Å². The lowest BCUT2D eigenvalue weighted by Gasteiger charge is -2.33. The van der Waals surface area contributed by atoms with E-state index in [4.69, 9.17) is 8.94 Å². The van der Waals surface area contributed by atoms with E-state index in [1.807, 2.05) is 0 Å². The molecule has 1 fully saturated rings. The van der Waals surface area contributed by atoms with Crippen molar-refractivity contribution in [3.05, 3.63) is 34.3 Å². The maximum Gasteiger partial charge on any atom is 0.258 e. The van der Waals surface area contributed by atoms with Crippen molar-refractivity contribution in [2.24, 2.45) is 0 Å². The average Bonchev–Trinajstić information content (AvgIpc) is 3.07. The van der Waals surface area contributed by atoms with E-state index in [1.54, 1.807) is 17.9 Å². The second-order valence-electron chi connectivity index (χ2n) is 4.82. The van der Waals surface area contributed by atoms with Gasteiger partial charge < -0.3 is 13.8 Å². The molecule has 1 unspecified atom stereocenters. The summed E-state index contributed by atoms with van der Waals surface area (Å²) in [5, 5.41) is 3.88. The zero-order valence-corrected chi connectivity index (χ0v) is 12.6. The van der Waals surface area contributed by atoms with Gasteiger partial charge in [0, 0.05) is 12.6 Å². The van der Waals surface area contributed by atoms with E-state index in [0.29, 0.717) is 28.4 Å². The lowest BCUT2D eigenvalue weighted by Crippen LogP contribution is -2.39. The minimum Gasteiger partial charge on any atom is -0.454 e. The maximum absolute atomic E-state index is 12.7. The number of furan rings is 1. The summed E-state index contributed by atoms with van der Waals surface area (Å²) in [6.07, 6.45) is 4.19. The Bertz CT molecular complexity index is 608. The molecule has 0 aromatic carbocycles. The SMILES string of the molecule is Cc1oc(Br)cc1C(=O)N1CCCCC1c1ncon1. The first-order chi connectivity index (χ1) is 9.66. The molecule has 1 atom stereocenters. The van der Waals surface area contributed by atoms with Gasteiger partial charge in [-0.2, -0.15) is 4.98 Å². The predicted molar refractivity (Wildman–Crippen MR) is 73.1 cm³/mol. The number of halogens is 1. The average molecular weight is 340 g/mol. The largest absolute Gasteiger partial charge is 0.454 e. The quantitative estimate of drug-likeness (QED) is 0.840. The minimum absolute atomic E-state index is 0.0496. The first-order valence-corrected chi connectivity index (χ1v) is 7.29. The fourth-order valence-corrected chi connectivity index (χ4v) is 3.05. The van der Waals surface area contributed by atoms with Crippen molar-refractivity contribution in [2.75, 3.05) is 6.54 Å². The highest BCUT2D eigenvalue weighted by molar-refractivity contribution is 9.10. The maximum atomic E-state index is 12.7. The highest BCUT2D eigenvalue weighted by Gasteiger charge is 2.32. The van der Waals surface area contributed by atoms with Crippen molar-refractivity contribution < 1.29 is 13.7 Å². The molecular formula is C13H14BrN3O3. The number of nitrogens with zero attached hydrogens (tertiary/aromatic N) is 3. The zero-order valence-electron chi connectivity index (χ0n) is 11.0. The van der Waals surface area contributed by atoms with Crippen molar-refractivity contribution in [3.63, 3.8) is 0 Å². The highest BCUT2D eigenvalue weighted by Crippen LogP contribution is 2.31. The van der Waals surface area contributed by atoms with Crippen LogP contribution >= 0.6 is 15.9 Å². The van der Waals surface area contributed by atoms with Crippen LogP contribution in [0.3, 0.4) is 0 Å². The molecule has 1 saturated heterocycles. The number of aryl methyl sites for hydroxylation is 1. The fourth-order valence-electron chi connectivity index (χ4n) is 2.58. The summed E-state index contributed by atoms with van der Waals surface area (Å²) in [5.41, 5.74) is 0.576. The van der Waals surface area contributed by atoms with E-state index in [2.05, 4.69) is 26.1 Å². The molecule has 2 aromatic heterocycles. The van der Waals surface area contributed by atoms with Crippen molar-refractivity contribution in [1.29, 1.82) is 0 Å². The van der Waals surface area contributed by atoms with Gasteiger partial charge in [0.2, 0.25) is 6.39 Å². The van der Waals surface area contributed by atoms with Crippen LogP contribution in [0.2, 0.25) is 0 Å². The summed E-state index contributed by atoms with van der Waals surface area (Å²) in [6, 6.07) is 1.59. The third kappa shape index (κ3) is 2.37. The Morgan fingerprint density at radius 3 is 3.00 bits per heavy atom. The first kappa shape index (κ1) is 13.4. The second kappa shape index (κ2) is 5.40. The molecule has 20 heavy (non-hydrogen) atoms. The lowest BCUT2D eigenvalue weighted by molar-refractivity contribution is 0.0595. The fraction of sp³-hybridized carbons (Fsp3) is 0.462. The second-order valence-corrected chi connectivity index (χ2v) is 5.60. The van der Waals surface area contributed by atoms with Gasteiger partial charge in [-0.25, -0.2) is 0 Å². The summed E-state index contributed by atoms with van der Waals surface area (Å²) < 4.78 is 10.7. The van der Waals surface area contributed by atoms with E-state index < -0.39 is 0 Å². The zero-order chi connectivity index (χ0) is 14.1. The number of carbonyl (C=O) groups excluding carboxylic acids is 1. The van der Waals surface area contributed by atoms with Gasteiger partial charge in [0.1, 0.15) is 5.76 Å². The molecule has 1 aliphatic rings. The monoisotopic (exact) mass is 339 g/mol. The molecular weight excluding hydrogens is 326 g/mol. The van der Waals surface area contributed by atoms with Gasteiger partial charge in [0.25, 0.3) is 5.91 Å². The van der Waals surface area contributed by atoms with Crippen LogP contribution in [-0.2, 0) is 0 Å². The van der Waals surface area contributed by atoms with Gasteiger partial charge in [0.15, 0.2) is 10.5 Å². The Balaban J connectivity index is 1.90. The molecule has 0 spiro atoms. The van der Waals surface area contributed by atoms with Crippen LogP contribution < -0.4 is 0 Å². The third-order valence-electron chi connectivity index (χ3n) is 3.56. The Labute approximate surface area is 124 Å². The molecule has 1 aliphatic heterocycles. The number of hydrogen-bond donors (Lipinski definition) is 0. The van der Waals surface area contributed by atoms with Crippen molar-refractivity contribution in [3.8, 4) is 0 Å². The Morgan fingerprint density at radius 2 is 2.35 bits per heavy atom. The Kier molecular flexibility index (Phi) is 3.60. The van der Waals surface area contributed by atoms with Gasteiger partial charge in [-0.05, 0) is 42.1 Å². The minimum atomic E-state index is -0.122. The highest BCUT2D eigenvalue weighted by atomic mass is 79.9. The van der Waals surface area contributed by atoms with Crippen LogP contribution in [0, 0.1) is 6.92 Å². The molecule has 0 radical (unpaired) electrons. The molecule has 3 heterocycles. The summed E-state index contributed by atoms with van der Waals surface area (Å²) in [5.74, 6) is 1.13. The van der Waals surface area contributed by atoms with Gasteiger partial charge in [-0.3, -0.25) is 4.79 Å². The molecule has 1 amide bonds. The van der Waals surface area contributed by atoms with Crippen LogP contribution in [0.1, 0.15) is 47.2 Å². The number of amides is 1. The lowest BCUT2D eigenvalue weighted by atomic mass is 10.0. The van der Waals surface area contributed by atoms with Crippen molar-refractivity contribution >= 4 is 21.8 Å². The molecule has 2 aromatic rings. The number of aromatic nitrogens is 2.